The van der Waals surface area contributed by atoms with Crippen LogP contribution < -0.4 is 0 Å². The van der Waals surface area contributed by atoms with Crippen LogP contribution in [0.4, 0.5) is 0 Å². The Morgan fingerprint density at radius 2 is 1.05 bits per heavy atom. The van der Waals surface area contributed by atoms with Crippen LogP contribution in [-0.2, 0) is 0 Å². The van der Waals surface area contributed by atoms with Gasteiger partial charge in [-0.25, -0.2) is 0 Å². The summed E-state index contributed by atoms with van der Waals surface area (Å²) >= 11 is 1.74. The molecular formula is C40H24S. The van der Waals surface area contributed by atoms with E-state index in [-0.39, 0.29) is 24.2 Å². The Hall–Kier alpha value is -4.98. The lowest BCUT2D eigenvalue weighted by molar-refractivity contribution is 1.64. The fourth-order valence-electron chi connectivity index (χ4n) is 6.34. The molecule has 1 heterocycles. The molecule has 0 aliphatic rings. The largest absolute Gasteiger partial charge is 0.135 e. The molecule has 0 aliphatic carbocycles. The molecule has 0 nitrogen and oxygen atoms in total. The van der Waals surface area contributed by atoms with Crippen molar-refractivity contribution in [1.29, 1.82) is 0 Å². The van der Waals surface area contributed by atoms with E-state index in [9.17, 15) is 5.48 Å². The molecule has 0 saturated heterocycles. The Bertz CT molecular complexity index is 2680. The lowest BCUT2D eigenvalue weighted by atomic mass is 9.88. The van der Waals surface area contributed by atoms with Gasteiger partial charge in [-0.05, 0) is 83.5 Å². The zero-order chi connectivity index (χ0) is 30.4. The third kappa shape index (κ3) is 3.46. The first-order valence-electron chi connectivity index (χ1n) is 15.8. The zero-order valence-electron chi connectivity index (χ0n) is 26.0. The standard InChI is InChI=1S/C40H24S/c1-4-10-32-26(7-1)15-18-31-23-30-9-3-5-11-33(30)38(39(31)32)28-16-13-25(14-17-28)29-20-22-37-36(24-29)35-21-19-27-8-2-6-12-34(27)40(35)41-37/h1-24H/i13D,14D,16D,17D. The van der Waals surface area contributed by atoms with E-state index >= 15 is 0 Å². The molecule has 1 heteroatoms. The van der Waals surface area contributed by atoms with E-state index < -0.39 is 0 Å². The van der Waals surface area contributed by atoms with E-state index in [2.05, 4.69) is 72.8 Å². The van der Waals surface area contributed by atoms with Crippen LogP contribution in [0.5, 0.6) is 0 Å². The average molecular weight is 541 g/mol. The minimum atomic E-state index is -0.0309. The highest BCUT2D eigenvalue weighted by Gasteiger charge is 2.14. The maximum Gasteiger partial charge on any atom is 0.0629 e. The van der Waals surface area contributed by atoms with Crippen LogP contribution in [0.2, 0.25) is 0 Å². The van der Waals surface area contributed by atoms with Crippen LogP contribution >= 0.6 is 11.3 Å². The summed E-state index contributed by atoms with van der Waals surface area (Å²) in [6, 6.07) is 41.1. The monoisotopic (exact) mass is 540 g/mol. The average Bonchev–Trinajstić information content (AvgIpc) is 3.46. The molecule has 0 aliphatic heterocycles. The van der Waals surface area contributed by atoms with Crippen molar-refractivity contribution in [2.45, 2.75) is 0 Å². The summed E-state index contributed by atoms with van der Waals surface area (Å²) < 4.78 is 39.7. The number of fused-ring (bicyclic) bond motifs is 9. The van der Waals surface area contributed by atoms with Gasteiger partial charge in [-0.3, -0.25) is 0 Å². The van der Waals surface area contributed by atoms with Crippen molar-refractivity contribution in [2.75, 3.05) is 0 Å². The second-order valence-electron chi connectivity index (χ2n) is 10.6. The van der Waals surface area contributed by atoms with Crippen LogP contribution in [0.15, 0.2) is 145 Å². The van der Waals surface area contributed by atoms with Crippen LogP contribution in [0.1, 0.15) is 5.48 Å². The van der Waals surface area contributed by atoms with Gasteiger partial charge >= 0.3 is 0 Å². The van der Waals surface area contributed by atoms with Crippen molar-refractivity contribution < 1.29 is 5.48 Å². The summed E-state index contributed by atoms with van der Waals surface area (Å²) in [5.74, 6) is 0. The van der Waals surface area contributed by atoms with Gasteiger partial charge in [0.05, 0.1) is 5.48 Å². The maximum atomic E-state index is 9.38. The first-order chi connectivity index (χ1) is 22.0. The molecule has 8 aromatic carbocycles. The molecule has 0 fully saturated rings. The molecule has 190 valence electrons. The lowest BCUT2D eigenvalue weighted by Gasteiger charge is -2.15. The topological polar surface area (TPSA) is 0 Å². The van der Waals surface area contributed by atoms with Gasteiger partial charge < -0.3 is 0 Å². The summed E-state index contributed by atoms with van der Waals surface area (Å²) in [5.41, 5.74) is 2.09. The van der Waals surface area contributed by atoms with Gasteiger partial charge in [0.2, 0.25) is 0 Å². The molecule has 0 amide bonds. The predicted octanol–water partition coefficient (Wildman–Crippen LogP) is 12.0. The number of thiophene rings is 1. The predicted molar refractivity (Wildman–Crippen MR) is 180 cm³/mol. The highest BCUT2D eigenvalue weighted by atomic mass is 32.1. The van der Waals surface area contributed by atoms with E-state index in [0.29, 0.717) is 16.7 Å². The molecule has 0 atom stereocenters. The second kappa shape index (κ2) is 8.76. The van der Waals surface area contributed by atoms with E-state index in [4.69, 9.17) is 0 Å². The Morgan fingerprint density at radius 3 is 1.88 bits per heavy atom. The summed E-state index contributed by atoms with van der Waals surface area (Å²) in [6.45, 7) is 0. The summed E-state index contributed by atoms with van der Waals surface area (Å²) in [5, 5.41) is 10.6. The summed E-state index contributed by atoms with van der Waals surface area (Å²) in [6.07, 6.45) is 0. The van der Waals surface area contributed by atoms with Gasteiger partial charge in [0, 0.05) is 20.2 Å². The highest BCUT2D eigenvalue weighted by Crippen LogP contribution is 2.42. The molecule has 9 aromatic rings. The molecule has 0 radical (unpaired) electrons. The van der Waals surface area contributed by atoms with Crippen LogP contribution in [-0.4, -0.2) is 0 Å². The van der Waals surface area contributed by atoms with Crippen molar-refractivity contribution in [1.82, 2.24) is 0 Å². The third-order valence-electron chi connectivity index (χ3n) is 8.28. The molecule has 0 unspecified atom stereocenters. The quantitative estimate of drug-likeness (QED) is 0.151. The van der Waals surface area contributed by atoms with Crippen molar-refractivity contribution in [3.05, 3.63) is 145 Å². The fraction of sp³-hybridized carbons (Fsp3) is 0. The van der Waals surface area contributed by atoms with E-state index in [0.717, 1.165) is 53.4 Å². The molecule has 1 aromatic heterocycles. The maximum absolute atomic E-state index is 9.38. The van der Waals surface area contributed by atoms with Crippen LogP contribution in [0, 0.1) is 0 Å². The summed E-state index contributed by atoms with van der Waals surface area (Å²) in [7, 11) is 0. The molecular weight excluding hydrogens is 513 g/mol. The molecule has 0 spiro atoms. The zero-order valence-corrected chi connectivity index (χ0v) is 22.8. The molecule has 41 heavy (non-hydrogen) atoms. The van der Waals surface area contributed by atoms with Gasteiger partial charge in [0.25, 0.3) is 0 Å². The van der Waals surface area contributed by atoms with Crippen LogP contribution in [0.25, 0.3) is 85.5 Å². The Morgan fingerprint density at radius 1 is 0.415 bits per heavy atom. The first kappa shape index (κ1) is 19.2. The van der Waals surface area contributed by atoms with E-state index in [1.807, 2.05) is 48.5 Å². The first-order valence-corrected chi connectivity index (χ1v) is 14.6. The highest BCUT2D eigenvalue weighted by molar-refractivity contribution is 7.26. The van der Waals surface area contributed by atoms with E-state index in [1.165, 1.54) is 15.5 Å². The second-order valence-corrected chi connectivity index (χ2v) is 11.6. The van der Waals surface area contributed by atoms with Gasteiger partial charge in [-0.1, -0.05) is 127 Å². The summed E-state index contributed by atoms with van der Waals surface area (Å²) in [4.78, 5) is 0. The Balaban J connectivity index is 1.34. The van der Waals surface area contributed by atoms with Crippen molar-refractivity contribution >= 4 is 74.6 Å². The molecule has 0 bridgehead atoms. The number of benzene rings is 8. The number of rotatable bonds is 2. The number of hydrogen-bond donors (Lipinski definition) is 0. The van der Waals surface area contributed by atoms with Gasteiger partial charge in [-0.15, -0.1) is 11.3 Å². The van der Waals surface area contributed by atoms with Crippen molar-refractivity contribution in [2.24, 2.45) is 0 Å². The van der Waals surface area contributed by atoms with Crippen molar-refractivity contribution in [3.63, 3.8) is 0 Å². The van der Waals surface area contributed by atoms with E-state index in [1.54, 1.807) is 11.3 Å². The minimum absolute atomic E-state index is 0.0298. The SMILES string of the molecule is [2H]c1c([2H])c(-c2c3ccccc3cc3ccc4ccccc4c23)c([2H])c([2H])c1-c1ccc2sc3c4ccccc4ccc3c2c1. The third-order valence-corrected chi connectivity index (χ3v) is 9.50. The Kier molecular flexibility index (Phi) is 4.09. The molecule has 0 N–H and O–H groups in total. The normalized spacial score (nSPS) is 13.3. The van der Waals surface area contributed by atoms with Gasteiger partial charge in [0.15, 0.2) is 0 Å². The smallest absolute Gasteiger partial charge is 0.0629 e. The molecule has 0 saturated carbocycles. The van der Waals surface area contributed by atoms with Crippen LogP contribution in [0.3, 0.4) is 0 Å². The number of hydrogen-bond acceptors (Lipinski definition) is 1. The fourth-order valence-corrected chi connectivity index (χ4v) is 7.56. The van der Waals surface area contributed by atoms with Gasteiger partial charge in [-0.2, -0.15) is 0 Å². The molecule has 9 rings (SSSR count). The van der Waals surface area contributed by atoms with Gasteiger partial charge in [0.1, 0.15) is 0 Å². The lowest BCUT2D eigenvalue weighted by Crippen LogP contribution is -1.88. The Labute approximate surface area is 247 Å². The van der Waals surface area contributed by atoms with Crippen molar-refractivity contribution in [3.8, 4) is 22.3 Å². The minimum Gasteiger partial charge on any atom is -0.135 e.